The first-order chi connectivity index (χ1) is 10.6. The third-order valence-electron chi connectivity index (χ3n) is 3.69. The minimum atomic E-state index is 0.0140. The van der Waals surface area contributed by atoms with Crippen molar-refractivity contribution in [2.45, 2.75) is 32.6 Å². The van der Waals surface area contributed by atoms with Crippen molar-refractivity contribution in [1.29, 1.82) is 0 Å². The summed E-state index contributed by atoms with van der Waals surface area (Å²) in [5, 5.41) is 3.00. The highest BCUT2D eigenvalue weighted by Crippen LogP contribution is 2.15. The molecule has 0 aliphatic rings. The van der Waals surface area contributed by atoms with Gasteiger partial charge in [0.15, 0.2) is 0 Å². The minimum absolute atomic E-state index is 0.0140. The summed E-state index contributed by atoms with van der Waals surface area (Å²) in [6.45, 7) is 5.11. The Kier molecular flexibility index (Phi) is 6.43. The van der Waals surface area contributed by atoms with Crippen molar-refractivity contribution in [1.82, 2.24) is 5.32 Å². The molecule has 3 heteroatoms. The molecule has 0 heterocycles. The number of hydrogen-bond acceptors (Lipinski definition) is 1. The number of carbonyl (C=O) groups is 1. The maximum absolute atomic E-state index is 12.1. The number of halogens is 1. The van der Waals surface area contributed by atoms with Crippen molar-refractivity contribution in [3.8, 4) is 0 Å². The first-order valence-electron chi connectivity index (χ1n) is 7.69. The molecule has 116 valence electrons. The average molecular weight is 407 g/mol. The number of benzene rings is 2. The largest absolute Gasteiger partial charge is 0.352 e. The second-order valence-electron chi connectivity index (χ2n) is 5.74. The van der Waals surface area contributed by atoms with Gasteiger partial charge in [-0.25, -0.2) is 0 Å². The van der Waals surface area contributed by atoms with E-state index in [4.69, 9.17) is 0 Å². The zero-order valence-corrected chi connectivity index (χ0v) is 15.3. The summed E-state index contributed by atoms with van der Waals surface area (Å²) < 4.78 is 0.988. The Morgan fingerprint density at radius 1 is 1.09 bits per heavy atom. The molecule has 0 bridgehead atoms. The van der Waals surface area contributed by atoms with E-state index < -0.39 is 0 Å². The Bertz CT molecular complexity index is 620. The molecule has 2 nitrogen and oxygen atoms in total. The highest BCUT2D eigenvalue weighted by molar-refractivity contribution is 14.1. The van der Waals surface area contributed by atoms with Gasteiger partial charge in [-0.2, -0.15) is 0 Å². The lowest BCUT2D eigenvalue weighted by Crippen LogP contribution is -2.25. The Balaban J connectivity index is 1.77. The van der Waals surface area contributed by atoms with Crippen LogP contribution in [0.1, 0.15) is 47.7 Å². The quantitative estimate of drug-likeness (QED) is 0.542. The zero-order chi connectivity index (χ0) is 15.9. The van der Waals surface area contributed by atoms with Gasteiger partial charge in [-0.05, 0) is 64.6 Å². The van der Waals surface area contributed by atoms with Gasteiger partial charge in [0, 0.05) is 10.1 Å². The van der Waals surface area contributed by atoms with Crippen LogP contribution >= 0.6 is 22.6 Å². The van der Waals surface area contributed by atoms with E-state index in [-0.39, 0.29) is 5.91 Å². The molecule has 0 aliphatic carbocycles. The maximum atomic E-state index is 12.1. The van der Waals surface area contributed by atoms with Crippen molar-refractivity contribution in [3.63, 3.8) is 0 Å². The van der Waals surface area contributed by atoms with Gasteiger partial charge in [-0.1, -0.05) is 50.2 Å². The lowest BCUT2D eigenvalue weighted by Gasteiger charge is -2.08. The van der Waals surface area contributed by atoms with Crippen LogP contribution in [0.2, 0.25) is 0 Å². The normalized spacial score (nSPS) is 10.7. The first-order valence-corrected chi connectivity index (χ1v) is 8.77. The molecular weight excluding hydrogens is 385 g/mol. The first kappa shape index (κ1) is 17.0. The molecule has 2 aromatic carbocycles. The number of nitrogens with one attached hydrogen (secondary N) is 1. The van der Waals surface area contributed by atoms with Gasteiger partial charge in [-0.3, -0.25) is 4.79 Å². The number of aryl methyl sites for hydroxylation is 1. The molecule has 1 amide bonds. The van der Waals surface area contributed by atoms with E-state index in [1.165, 1.54) is 11.1 Å². The Morgan fingerprint density at radius 3 is 2.41 bits per heavy atom. The van der Waals surface area contributed by atoms with Crippen LogP contribution in [0.25, 0.3) is 0 Å². The minimum Gasteiger partial charge on any atom is -0.352 e. The molecule has 0 aromatic heterocycles. The van der Waals surface area contributed by atoms with Gasteiger partial charge in [0.25, 0.3) is 5.91 Å². The molecule has 0 aliphatic heterocycles. The van der Waals surface area contributed by atoms with Crippen molar-refractivity contribution >= 4 is 28.5 Å². The fraction of sp³-hybridized carbons (Fsp3) is 0.316. The maximum Gasteiger partial charge on any atom is 0.252 e. The van der Waals surface area contributed by atoms with Gasteiger partial charge < -0.3 is 5.32 Å². The summed E-state index contributed by atoms with van der Waals surface area (Å²) >= 11 is 2.19. The molecule has 0 saturated carbocycles. The van der Waals surface area contributed by atoms with Gasteiger partial charge in [0.05, 0.1) is 5.56 Å². The predicted octanol–water partition coefficient (Wildman–Crippen LogP) is 4.78. The molecule has 0 spiro atoms. The van der Waals surface area contributed by atoms with Crippen molar-refractivity contribution in [2.24, 2.45) is 0 Å². The smallest absolute Gasteiger partial charge is 0.252 e. The van der Waals surface area contributed by atoms with Crippen molar-refractivity contribution in [3.05, 3.63) is 68.8 Å². The molecule has 0 fully saturated rings. The number of amides is 1. The van der Waals surface area contributed by atoms with Crippen LogP contribution in [-0.4, -0.2) is 12.5 Å². The highest BCUT2D eigenvalue weighted by Gasteiger charge is 2.07. The molecule has 0 radical (unpaired) electrons. The summed E-state index contributed by atoms with van der Waals surface area (Å²) in [6, 6.07) is 16.4. The van der Waals surface area contributed by atoms with Crippen molar-refractivity contribution < 1.29 is 4.79 Å². The Hall–Kier alpha value is -1.36. The summed E-state index contributed by atoms with van der Waals surface area (Å²) in [4.78, 5) is 12.1. The molecule has 2 rings (SSSR count). The topological polar surface area (TPSA) is 29.1 Å². The van der Waals surface area contributed by atoms with Crippen LogP contribution in [-0.2, 0) is 6.42 Å². The molecule has 0 saturated heterocycles. The summed E-state index contributed by atoms with van der Waals surface area (Å²) in [7, 11) is 0. The Labute approximate surface area is 146 Å². The summed E-state index contributed by atoms with van der Waals surface area (Å²) in [5.74, 6) is 0.585. The SMILES string of the molecule is CC(C)c1ccc(CCCNC(=O)c2ccccc2I)cc1. The molecule has 0 unspecified atom stereocenters. The Morgan fingerprint density at radius 2 is 1.77 bits per heavy atom. The van der Waals surface area contributed by atoms with Crippen LogP contribution in [0.15, 0.2) is 48.5 Å². The van der Waals surface area contributed by atoms with E-state index in [0.717, 1.165) is 22.0 Å². The zero-order valence-electron chi connectivity index (χ0n) is 13.1. The van der Waals surface area contributed by atoms with Crippen LogP contribution in [0, 0.1) is 3.57 Å². The van der Waals surface area contributed by atoms with E-state index in [1.54, 1.807) is 0 Å². The van der Waals surface area contributed by atoms with Crippen LogP contribution in [0.4, 0.5) is 0 Å². The fourth-order valence-corrected chi connectivity index (χ4v) is 2.94. The van der Waals surface area contributed by atoms with Crippen molar-refractivity contribution in [2.75, 3.05) is 6.54 Å². The number of rotatable bonds is 6. The molecule has 2 aromatic rings. The second kappa shape index (κ2) is 8.32. The van der Waals surface area contributed by atoms with E-state index in [9.17, 15) is 4.79 Å². The van der Waals surface area contributed by atoms with Gasteiger partial charge >= 0.3 is 0 Å². The van der Waals surface area contributed by atoms with Gasteiger partial charge in [0.2, 0.25) is 0 Å². The third-order valence-corrected chi connectivity index (χ3v) is 4.63. The van der Waals surface area contributed by atoms with E-state index in [2.05, 4.69) is 66.0 Å². The van der Waals surface area contributed by atoms with Crippen LogP contribution in [0.5, 0.6) is 0 Å². The van der Waals surface area contributed by atoms with Crippen LogP contribution in [0.3, 0.4) is 0 Å². The fourth-order valence-electron chi connectivity index (χ4n) is 2.30. The second-order valence-corrected chi connectivity index (χ2v) is 6.90. The molecule has 0 atom stereocenters. The van der Waals surface area contributed by atoms with E-state index >= 15 is 0 Å². The average Bonchev–Trinajstić information content (AvgIpc) is 2.52. The lowest BCUT2D eigenvalue weighted by molar-refractivity contribution is 0.0952. The number of hydrogen-bond donors (Lipinski definition) is 1. The van der Waals surface area contributed by atoms with Gasteiger partial charge in [-0.15, -0.1) is 0 Å². The summed E-state index contributed by atoms with van der Waals surface area (Å²) in [5.41, 5.74) is 3.45. The van der Waals surface area contributed by atoms with Crippen LogP contribution < -0.4 is 5.32 Å². The molecule has 1 N–H and O–H groups in total. The monoisotopic (exact) mass is 407 g/mol. The third kappa shape index (κ3) is 4.83. The predicted molar refractivity (Wildman–Crippen MR) is 100 cm³/mol. The van der Waals surface area contributed by atoms with Gasteiger partial charge in [0.1, 0.15) is 0 Å². The molecule has 22 heavy (non-hydrogen) atoms. The standard InChI is InChI=1S/C19H22INO/c1-14(2)16-11-9-15(10-12-16)6-5-13-21-19(22)17-7-3-4-8-18(17)20/h3-4,7-12,14H,5-6,13H2,1-2H3,(H,21,22). The van der Waals surface area contributed by atoms with E-state index in [0.29, 0.717) is 12.5 Å². The lowest BCUT2D eigenvalue weighted by atomic mass is 10.0. The molecular formula is C19H22INO. The van der Waals surface area contributed by atoms with E-state index in [1.807, 2.05) is 24.3 Å². The number of carbonyl (C=O) groups excluding carboxylic acids is 1. The highest BCUT2D eigenvalue weighted by atomic mass is 127. The summed E-state index contributed by atoms with van der Waals surface area (Å²) in [6.07, 6.45) is 1.95.